The Kier molecular flexibility index (Phi) is 7.50. The Morgan fingerprint density at radius 1 is 1.03 bits per heavy atom. The molecule has 1 aliphatic rings. The fourth-order valence-corrected chi connectivity index (χ4v) is 3.59. The normalized spacial score (nSPS) is 13.0. The van der Waals surface area contributed by atoms with E-state index >= 15 is 0 Å². The minimum absolute atomic E-state index is 0.0472. The Hall–Kier alpha value is -3.44. The molecule has 158 valence electrons. The molecule has 0 saturated heterocycles. The molecule has 1 amide bonds. The van der Waals surface area contributed by atoms with Gasteiger partial charge in [0, 0.05) is 5.92 Å². The number of hydrogen-bond donors (Lipinski definition) is 2. The first-order chi connectivity index (χ1) is 14.2. The van der Waals surface area contributed by atoms with Gasteiger partial charge >= 0.3 is 18.2 Å². The maximum atomic E-state index is 12.2. The molecule has 0 unspecified atom stereocenters. The van der Waals surface area contributed by atoms with Gasteiger partial charge in [-0.25, -0.2) is 9.59 Å². The predicted molar refractivity (Wildman–Crippen MR) is 109 cm³/mol. The minimum atomic E-state index is -1.06. The SMILES string of the molecule is CC(C)(C)C[C@@H](NC(=O)OCC1c2ccccc2-c2ccccc21)C(=O)O.O=C=O. The smallest absolute Gasteiger partial charge is 0.407 e. The summed E-state index contributed by atoms with van der Waals surface area (Å²) >= 11 is 0. The lowest BCUT2D eigenvalue weighted by Gasteiger charge is -2.24. The van der Waals surface area contributed by atoms with E-state index in [2.05, 4.69) is 17.4 Å². The van der Waals surface area contributed by atoms with E-state index in [1.165, 1.54) is 0 Å². The number of aliphatic carboxylic acids is 1. The standard InChI is InChI=1S/C22H25NO4.CO2/c1-22(2,3)12-19(20(24)25)23-21(26)27-13-18-16-10-6-4-8-14(16)15-9-5-7-11-17(15)18;2-1-3/h4-11,18-19H,12-13H2,1-3H3,(H,23,26)(H,24,25);/t19-;/m1./s1. The van der Waals surface area contributed by atoms with Gasteiger partial charge in [-0.05, 0) is 34.1 Å². The number of alkyl carbamates (subject to hydrolysis) is 1. The van der Waals surface area contributed by atoms with Crippen molar-refractivity contribution in [2.24, 2.45) is 5.41 Å². The molecule has 1 aliphatic carbocycles. The third-order valence-electron chi connectivity index (χ3n) is 4.75. The van der Waals surface area contributed by atoms with Gasteiger partial charge in [0.2, 0.25) is 0 Å². The van der Waals surface area contributed by atoms with E-state index in [9.17, 15) is 14.7 Å². The summed E-state index contributed by atoms with van der Waals surface area (Å²) in [6.07, 6.45) is -0.125. The molecule has 1 atom stereocenters. The van der Waals surface area contributed by atoms with Gasteiger partial charge in [0.25, 0.3) is 0 Å². The van der Waals surface area contributed by atoms with E-state index < -0.39 is 18.1 Å². The van der Waals surface area contributed by atoms with Crippen LogP contribution in [-0.2, 0) is 19.1 Å². The minimum Gasteiger partial charge on any atom is -0.480 e. The monoisotopic (exact) mass is 411 g/mol. The number of carbonyl (C=O) groups is 2. The van der Waals surface area contributed by atoms with E-state index in [4.69, 9.17) is 14.3 Å². The number of fused-ring (bicyclic) bond motifs is 3. The van der Waals surface area contributed by atoms with E-state index in [-0.39, 0.29) is 24.1 Å². The molecule has 0 aliphatic heterocycles. The third kappa shape index (κ3) is 5.78. The quantitative estimate of drug-likeness (QED) is 0.774. The van der Waals surface area contributed by atoms with Crippen LogP contribution in [0.4, 0.5) is 4.79 Å². The highest BCUT2D eigenvalue weighted by Crippen LogP contribution is 2.44. The largest absolute Gasteiger partial charge is 0.480 e. The van der Waals surface area contributed by atoms with E-state index in [1.54, 1.807) is 0 Å². The second kappa shape index (κ2) is 9.85. The average Bonchev–Trinajstić information content (AvgIpc) is 2.99. The first kappa shape index (κ1) is 22.8. The summed E-state index contributed by atoms with van der Waals surface area (Å²) < 4.78 is 5.42. The third-order valence-corrected chi connectivity index (χ3v) is 4.75. The lowest BCUT2D eigenvalue weighted by Crippen LogP contribution is -2.43. The van der Waals surface area contributed by atoms with Crippen LogP contribution in [0.15, 0.2) is 48.5 Å². The van der Waals surface area contributed by atoms with Gasteiger partial charge in [-0.1, -0.05) is 69.3 Å². The summed E-state index contributed by atoms with van der Waals surface area (Å²) in [6, 6.07) is 15.2. The summed E-state index contributed by atoms with van der Waals surface area (Å²) in [4.78, 5) is 39.9. The molecule has 0 spiro atoms. The lowest BCUT2D eigenvalue weighted by molar-refractivity contribution is -0.191. The number of carbonyl (C=O) groups excluding carboxylic acids is 3. The molecule has 0 saturated carbocycles. The molecule has 2 aromatic carbocycles. The Morgan fingerprint density at radius 3 is 1.93 bits per heavy atom. The Bertz CT molecular complexity index is 895. The van der Waals surface area contributed by atoms with Crippen LogP contribution in [0.25, 0.3) is 11.1 Å². The Morgan fingerprint density at radius 2 is 1.50 bits per heavy atom. The van der Waals surface area contributed by atoms with Gasteiger partial charge in [0.15, 0.2) is 0 Å². The maximum Gasteiger partial charge on any atom is 0.407 e. The summed E-state index contributed by atoms with van der Waals surface area (Å²) in [6.45, 7) is 5.97. The summed E-state index contributed by atoms with van der Waals surface area (Å²) in [5.74, 6) is -1.10. The summed E-state index contributed by atoms with van der Waals surface area (Å²) in [7, 11) is 0. The molecule has 0 aromatic heterocycles. The van der Waals surface area contributed by atoms with Crippen molar-refractivity contribution in [3.05, 3.63) is 59.7 Å². The molecule has 2 aromatic rings. The number of hydrogen-bond acceptors (Lipinski definition) is 5. The van der Waals surface area contributed by atoms with E-state index in [1.807, 2.05) is 57.2 Å². The van der Waals surface area contributed by atoms with Crippen molar-refractivity contribution in [2.45, 2.75) is 39.2 Å². The zero-order valence-electron chi connectivity index (χ0n) is 17.2. The van der Waals surface area contributed by atoms with Gasteiger partial charge in [-0.3, -0.25) is 0 Å². The molecule has 0 radical (unpaired) electrons. The number of ether oxygens (including phenoxy) is 1. The molecule has 7 nitrogen and oxygen atoms in total. The van der Waals surface area contributed by atoms with Gasteiger partial charge in [-0.15, -0.1) is 0 Å². The summed E-state index contributed by atoms with van der Waals surface area (Å²) in [5, 5.41) is 11.8. The van der Waals surface area contributed by atoms with Crippen LogP contribution >= 0.6 is 0 Å². The van der Waals surface area contributed by atoms with Crippen LogP contribution in [0, 0.1) is 5.41 Å². The Labute approximate surface area is 175 Å². The lowest BCUT2D eigenvalue weighted by atomic mass is 9.88. The zero-order chi connectivity index (χ0) is 22.3. The molecular formula is C23H25NO6. The van der Waals surface area contributed by atoms with Crippen molar-refractivity contribution >= 4 is 18.2 Å². The van der Waals surface area contributed by atoms with Crippen molar-refractivity contribution in [1.82, 2.24) is 5.32 Å². The fraction of sp³-hybridized carbons (Fsp3) is 0.348. The van der Waals surface area contributed by atoms with Crippen LogP contribution in [-0.4, -0.2) is 36.0 Å². The van der Waals surface area contributed by atoms with Gasteiger partial charge in [0.1, 0.15) is 12.6 Å². The molecular weight excluding hydrogens is 386 g/mol. The topological polar surface area (TPSA) is 110 Å². The fourth-order valence-electron chi connectivity index (χ4n) is 3.59. The van der Waals surface area contributed by atoms with Crippen molar-refractivity contribution in [1.29, 1.82) is 0 Å². The highest BCUT2D eigenvalue weighted by atomic mass is 16.5. The van der Waals surface area contributed by atoms with Gasteiger partial charge in [0.05, 0.1) is 0 Å². The molecule has 0 fully saturated rings. The molecule has 7 heteroatoms. The molecule has 0 bridgehead atoms. The molecule has 0 heterocycles. The van der Waals surface area contributed by atoms with Crippen molar-refractivity contribution in [2.75, 3.05) is 6.61 Å². The first-order valence-corrected chi connectivity index (χ1v) is 9.51. The van der Waals surface area contributed by atoms with Crippen LogP contribution in [0.2, 0.25) is 0 Å². The highest BCUT2D eigenvalue weighted by molar-refractivity contribution is 5.81. The van der Waals surface area contributed by atoms with Crippen LogP contribution in [0.3, 0.4) is 0 Å². The maximum absolute atomic E-state index is 12.2. The Balaban J connectivity index is 0.00000101. The zero-order valence-corrected chi connectivity index (χ0v) is 17.2. The molecule has 3 rings (SSSR count). The second-order valence-electron chi connectivity index (χ2n) is 8.21. The number of amides is 1. The van der Waals surface area contributed by atoms with E-state index in [0.717, 1.165) is 22.3 Å². The van der Waals surface area contributed by atoms with Crippen LogP contribution < -0.4 is 5.32 Å². The number of rotatable bonds is 5. The number of benzene rings is 2. The second-order valence-corrected chi connectivity index (χ2v) is 8.21. The van der Waals surface area contributed by atoms with Crippen molar-refractivity contribution in [3.8, 4) is 11.1 Å². The highest BCUT2D eigenvalue weighted by Gasteiger charge is 2.30. The predicted octanol–water partition coefficient (Wildman–Crippen LogP) is 3.83. The number of nitrogens with one attached hydrogen (secondary N) is 1. The number of carboxylic acid groups (broad SMARTS) is 1. The van der Waals surface area contributed by atoms with Crippen LogP contribution in [0.5, 0.6) is 0 Å². The van der Waals surface area contributed by atoms with Crippen molar-refractivity contribution < 1.29 is 29.0 Å². The van der Waals surface area contributed by atoms with Gasteiger partial charge < -0.3 is 15.2 Å². The van der Waals surface area contributed by atoms with Crippen molar-refractivity contribution in [3.63, 3.8) is 0 Å². The molecule has 2 N–H and O–H groups in total. The van der Waals surface area contributed by atoms with E-state index in [0.29, 0.717) is 6.42 Å². The van der Waals surface area contributed by atoms with Gasteiger partial charge in [-0.2, -0.15) is 9.59 Å². The number of carboxylic acids is 1. The first-order valence-electron chi connectivity index (χ1n) is 9.51. The summed E-state index contributed by atoms with van der Waals surface area (Å²) in [5.41, 5.74) is 4.32. The molecule has 30 heavy (non-hydrogen) atoms. The van der Waals surface area contributed by atoms with Crippen LogP contribution in [0.1, 0.15) is 44.2 Å². The average molecular weight is 411 g/mol.